The molecule has 0 aromatic carbocycles. The minimum Gasteiger partial charge on any atom is -0.305 e. The maximum Gasteiger partial charge on any atom is 0.160 e. The molecule has 0 saturated heterocycles. The number of aryl methyl sites for hydroxylation is 2. The summed E-state index contributed by atoms with van der Waals surface area (Å²) in [5.74, 6) is 1.21. The molecule has 6 heteroatoms. The van der Waals surface area contributed by atoms with Gasteiger partial charge in [-0.3, -0.25) is 0 Å². The Kier molecular flexibility index (Phi) is 3.24. The van der Waals surface area contributed by atoms with Crippen molar-refractivity contribution < 1.29 is 0 Å². The fraction of sp³-hybridized carbons (Fsp3) is 0.308. The zero-order chi connectivity index (χ0) is 13.4. The summed E-state index contributed by atoms with van der Waals surface area (Å²) in [6, 6.07) is 2.03. The molecule has 0 saturated carbocycles. The highest BCUT2D eigenvalue weighted by Crippen LogP contribution is 2.20. The molecule has 0 atom stereocenters. The number of hydrogen-bond acceptors (Lipinski definition) is 4. The van der Waals surface area contributed by atoms with E-state index in [4.69, 9.17) is 11.6 Å². The molecule has 3 aromatic rings. The molecule has 98 valence electrons. The highest BCUT2D eigenvalue weighted by molar-refractivity contribution is 7.11. The topological polar surface area (TPSA) is 43.6 Å². The molecule has 0 aliphatic rings. The van der Waals surface area contributed by atoms with Gasteiger partial charge in [-0.15, -0.1) is 22.9 Å². The van der Waals surface area contributed by atoms with Gasteiger partial charge in [0, 0.05) is 17.3 Å². The van der Waals surface area contributed by atoms with Crippen molar-refractivity contribution in [1.29, 1.82) is 0 Å². The second-order valence-corrected chi connectivity index (χ2v) is 6.05. The fourth-order valence-corrected chi connectivity index (χ4v) is 3.02. The van der Waals surface area contributed by atoms with Crippen LogP contribution in [-0.2, 0) is 12.4 Å². The Bertz CT molecular complexity index is 731. The SMILES string of the molecule is Cc1cnc2c(c1)nc(CCl)n2Cc1ncc(C)s1. The summed E-state index contributed by atoms with van der Waals surface area (Å²) < 4.78 is 2.04. The highest BCUT2D eigenvalue weighted by Gasteiger charge is 2.13. The number of thiazole rings is 1. The number of fused-ring (bicyclic) bond motifs is 1. The summed E-state index contributed by atoms with van der Waals surface area (Å²) in [4.78, 5) is 14.6. The van der Waals surface area contributed by atoms with E-state index in [2.05, 4.69) is 21.9 Å². The van der Waals surface area contributed by atoms with Gasteiger partial charge in [0.25, 0.3) is 0 Å². The Morgan fingerprint density at radius 3 is 2.79 bits per heavy atom. The van der Waals surface area contributed by atoms with Crippen molar-refractivity contribution >= 4 is 34.1 Å². The molecule has 0 aliphatic carbocycles. The van der Waals surface area contributed by atoms with Crippen molar-refractivity contribution in [3.8, 4) is 0 Å². The summed E-state index contributed by atoms with van der Waals surface area (Å²) in [6.45, 7) is 4.74. The van der Waals surface area contributed by atoms with E-state index >= 15 is 0 Å². The molecule has 3 rings (SSSR count). The average Bonchev–Trinajstić information content (AvgIpc) is 2.94. The summed E-state index contributed by atoms with van der Waals surface area (Å²) in [5, 5.41) is 1.05. The van der Waals surface area contributed by atoms with Gasteiger partial charge in [-0.2, -0.15) is 0 Å². The summed E-state index contributed by atoms with van der Waals surface area (Å²) in [5.41, 5.74) is 2.86. The van der Waals surface area contributed by atoms with Gasteiger partial charge in [-0.1, -0.05) is 0 Å². The largest absolute Gasteiger partial charge is 0.305 e. The Morgan fingerprint density at radius 2 is 2.11 bits per heavy atom. The van der Waals surface area contributed by atoms with Crippen LogP contribution < -0.4 is 0 Å². The van der Waals surface area contributed by atoms with Crippen LogP contribution in [-0.4, -0.2) is 19.5 Å². The minimum absolute atomic E-state index is 0.375. The average molecular weight is 293 g/mol. The monoisotopic (exact) mass is 292 g/mol. The summed E-state index contributed by atoms with van der Waals surface area (Å²) in [6.07, 6.45) is 3.74. The van der Waals surface area contributed by atoms with Gasteiger partial charge in [0.1, 0.15) is 16.3 Å². The van der Waals surface area contributed by atoms with E-state index < -0.39 is 0 Å². The second kappa shape index (κ2) is 4.90. The number of hydrogen-bond donors (Lipinski definition) is 0. The van der Waals surface area contributed by atoms with Crippen molar-refractivity contribution in [3.05, 3.63) is 39.7 Å². The Balaban J connectivity index is 2.10. The van der Waals surface area contributed by atoms with E-state index in [-0.39, 0.29) is 0 Å². The molecule has 0 amide bonds. The third kappa shape index (κ3) is 2.35. The number of alkyl halides is 1. The van der Waals surface area contributed by atoms with Gasteiger partial charge in [0.2, 0.25) is 0 Å². The van der Waals surface area contributed by atoms with Gasteiger partial charge in [-0.25, -0.2) is 15.0 Å². The lowest BCUT2D eigenvalue weighted by molar-refractivity contribution is 0.765. The van der Waals surface area contributed by atoms with Gasteiger partial charge in [0.05, 0.1) is 12.4 Å². The molecule has 3 heterocycles. The van der Waals surface area contributed by atoms with E-state index in [1.807, 2.05) is 30.0 Å². The normalized spacial score (nSPS) is 11.3. The molecule has 3 aromatic heterocycles. The van der Waals surface area contributed by atoms with Crippen molar-refractivity contribution in [2.75, 3.05) is 0 Å². The number of rotatable bonds is 3. The van der Waals surface area contributed by atoms with Crippen LogP contribution >= 0.6 is 22.9 Å². The van der Waals surface area contributed by atoms with Gasteiger partial charge >= 0.3 is 0 Å². The van der Waals surface area contributed by atoms with E-state index in [9.17, 15) is 0 Å². The zero-order valence-electron chi connectivity index (χ0n) is 10.7. The van der Waals surface area contributed by atoms with Crippen LogP contribution in [0.5, 0.6) is 0 Å². The van der Waals surface area contributed by atoms with E-state index in [0.29, 0.717) is 12.4 Å². The van der Waals surface area contributed by atoms with E-state index in [1.54, 1.807) is 11.3 Å². The van der Waals surface area contributed by atoms with Crippen LogP contribution in [0.25, 0.3) is 11.2 Å². The number of imidazole rings is 1. The number of nitrogens with zero attached hydrogens (tertiary/aromatic N) is 4. The summed E-state index contributed by atoms with van der Waals surface area (Å²) in [7, 11) is 0. The van der Waals surface area contributed by atoms with Crippen molar-refractivity contribution in [2.24, 2.45) is 0 Å². The first kappa shape index (κ1) is 12.6. The Morgan fingerprint density at radius 1 is 1.26 bits per heavy atom. The first-order chi connectivity index (χ1) is 9.17. The predicted molar refractivity (Wildman–Crippen MR) is 77.8 cm³/mol. The predicted octanol–water partition coefficient (Wildman–Crippen LogP) is 3.29. The van der Waals surface area contributed by atoms with Crippen LogP contribution in [0.1, 0.15) is 21.3 Å². The first-order valence-electron chi connectivity index (χ1n) is 5.96. The summed E-state index contributed by atoms with van der Waals surface area (Å²) >= 11 is 7.67. The molecule has 19 heavy (non-hydrogen) atoms. The molecule has 0 unspecified atom stereocenters. The van der Waals surface area contributed by atoms with E-state index in [1.165, 1.54) is 4.88 Å². The van der Waals surface area contributed by atoms with Crippen molar-refractivity contribution in [1.82, 2.24) is 19.5 Å². The van der Waals surface area contributed by atoms with Crippen LogP contribution in [0.15, 0.2) is 18.5 Å². The number of pyridine rings is 1. The van der Waals surface area contributed by atoms with Gasteiger partial charge < -0.3 is 4.57 Å². The maximum absolute atomic E-state index is 5.99. The first-order valence-corrected chi connectivity index (χ1v) is 7.31. The Hall–Kier alpha value is -1.46. The quantitative estimate of drug-likeness (QED) is 0.696. The second-order valence-electron chi connectivity index (χ2n) is 4.47. The van der Waals surface area contributed by atoms with Crippen LogP contribution in [0.3, 0.4) is 0 Å². The van der Waals surface area contributed by atoms with Crippen molar-refractivity contribution in [2.45, 2.75) is 26.3 Å². The minimum atomic E-state index is 0.375. The lowest BCUT2D eigenvalue weighted by Gasteiger charge is -2.04. The number of aromatic nitrogens is 4. The highest BCUT2D eigenvalue weighted by atomic mass is 35.5. The van der Waals surface area contributed by atoms with Crippen LogP contribution in [0.4, 0.5) is 0 Å². The standard InChI is InChI=1S/C13H13ClN4S/c1-8-3-10-13(16-5-8)18(11(4-14)17-10)7-12-15-6-9(2)19-12/h3,5-6H,4,7H2,1-2H3. The van der Waals surface area contributed by atoms with Crippen LogP contribution in [0.2, 0.25) is 0 Å². The van der Waals surface area contributed by atoms with Gasteiger partial charge in [-0.05, 0) is 25.5 Å². The lowest BCUT2D eigenvalue weighted by Crippen LogP contribution is -2.04. The lowest BCUT2D eigenvalue weighted by atomic mass is 10.3. The van der Waals surface area contributed by atoms with Crippen molar-refractivity contribution in [3.63, 3.8) is 0 Å². The third-order valence-corrected chi connectivity index (χ3v) is 4.02. The van der Waals surface area contributed by atoms with E-state index in [0.717, 1.165) is 27.6 Å². The molecule has 0 spiro atoms. The smallest absolute Gasteiger partial charge is 0.160 e. The molecule has 0 fully saturated rings. The third-order valence-electron chi connectivity index (χ3n) is 2.88. The molecule has 0 N–H and O–H groups in total. The Labute approximate surface area is 120 Å². The molecule has 4 nitrogen and oxygen atoms in total. The molecular weight excluding hydrogens is 280 g/mol. The molecule has 0 bridgehead atoms. The number of halogens is 1. The fourth-order valence-electron chi connectivity index (χ4n) is 2.04. The molecule has 0 aliphatic heterocycles. The molecular formula is C13H13ClN4S. The maximum atomic E-state index is 5.99. The molecule has 0 radical (unpaired) electrons. The van der Waals surface area contributed by atoms with Crippen LogP contribution in [0, 0.1) is 13.8 Å². The zero-order valence-corrected chi connectivity index (χ0v) is 12.3. The van der Waals surface area contributed by atoms with Gasteiger partial charge in [0.15, 0.2) is 5.65 Å².